The minimum atomic E-state index is -4.78. The van der Waals surface area contributed by atoms with Gasteiger partial charge in [0, 0.05) is 5.92 Å². The fraction of sp³-hybridized carbons (Fsp3) is 0.474. The van der Waals surface area contributed by atoms with Crippen LogP contribution in [0.5, 0.6) is 0 Å². The van der Waals surface area contributed by atoms with Crippen molar-refractivity contribution in [2.45, 2.75) is 50.6 Å². The van der Waals surface area contributed by atoms with Gasteiger partial charge in [0.1, 0.15) is 11.6 Å². The van der Waals surface area contributed by atoms with Gasteiger partial charge in [-0.25, -0.2) is 8.78 Å². The average molecular weight is 342 g/mol. The molecule has 2 rings (SSSR count). The predicted octanol–water partition coefficient (Wildman–Crippen LogP) is 6.12. The lowest BCUT2D eigenvalue weighted by molar-refractivity contribution is -0.0696. The molecular weight excluding hydrogens is 323 g/mol. The summed E-state index contributed by atoms with van der Waals surface area (Å²) in [7, 11) is 0. The molecule has 0 saturated heterocycles. The Morgan fingerprint density at radius 2 is 1.67 bits per heavy atom. The largest absolute Gasteiger partial charge is 0.458 e. The fourth-order valence-electron chi connectivity index (χ4n) is 3.22. The first-order valence-corrected chi connectivity index (χ1v) is 8.00. The maximum atomic E-state index is 14.0. The maximum Gasteiger partial charge on any atom is 0.458 e. The summed E-state index contributed by atoms with van der Waals surface area (Å²) in [5.74, 6) is 1.03. The van der Waals surface area contributed by atoms with Crippen LogP contribution in [0.1, 0.15) is 55.6 Å². The second-order valence-electron chi connectivity index (χ2n) is 6.19. The lowest BCUT2D eigenvalue weighted by Crippen LogP contribution is -2.14. The molecule has 0 heterocycles. The molecule has 0 spiro atoms. The quantitative estimate of drug-likeness (QED) is 0.351. The van der Waals surface area contributed by atoms with Crippen LogP contribution in [0.4, 0.5) is 22.0 Å². The normalized spacial score (nSPS) is 21.0. The maximum absolute atomic E-state index is 14.0. The molecule has 0 bridgehead atoms. The van der Waals surface area contributed by atoms with Crippen LogP contribution in [-0.4, -0.2) is 6.18 Å². The molecule has 1 saturated carbocycles. The van der Waals surface area contributed by atoms with Gasteiger partial charge < -0.3 is 0 Å². The van der Waals surface area contributed by atoms with Crippen molar-refractivity contribution in [3.8, 4) is 11.8 Å². The monoisotopic (exact) mass is 342 g/mol. The fourth-order valence-corrected chi connectivity index (χ4v) is 3.22. The third-order valence-corrected chi connectivity index (χ3v) is 4.49. The summed E-state index contributed by atoms with van der Waals surface area (Å²) >= 11 is 0. The van der Waals surface area contributed by atoms with E-state index in [9.17, 15) is 22.0 Å². The van der Waals surface area contributed by atoms with E-state index in [1.807, 2.05) is 6.08 Å². The molecule has 5 heteroatoms. The van der Waals surface area contributed by atoms with E-state index >= 15 is 0 Å². The molecule has 0 aliphatic heterocycles. The number of rotatable bonds is 4. The molecule has 1 aliphatic carbocycles. The Labute approximate surface area is 138 Å². The molecule has 0 radical (unpaired) electrons. The van der Waals surface area contributed by atoms with Gasteiger partial charge in [0.15, 0.2) is 0 Å². The number of hydrogen-bond donors (Lipinski definition) is 0. The summed E-state index contributed by atoms with van der Waals surface area (Å²) in [6.07, 6.45) is 2.77. The minimum absolute atomic E-state index is 0.0404. The van der Waals surface area contributed by atoms with Crippen molar-refractivity contribution < 1.29 is 22.0 Å². The molecule has 1 fully saturated rings. The van der Waals surface area contributed by atoms with Gasteiger partial charge in [0.05, 0.1) is 5.56 Å². The third kappa shape index (κ3) is 5.09. The minimum Gasteiger partial charge on any atom is -0.206 e. The molecule has 1 aromatic carbocycles. The summed E-state index contributed by atoms with van der Waals surface area (Å²) in [5, 5.41) is 0. The van der Waals surface area contributed by atoms with Crippen molar-refractivity contribution in [2.75, 3.05) is 0 Å². The lowest BCUT2D eigenvalue weighted by atomic mass is 9.77. The second kappa shape index (κ2) is 7.83. The van der Waals surface area contributed by atoms with Crippen LogP contribution in [0.15, 0.2) is 24.8 Å². The molecule has 0 amide bonds. The Morgan fingerprint density at radius 3 is 2.17 bits per heavy atom. The van der Waals surface area contributed by atoms with E-state index in [0.717, 1.165) is 56.6 Å². The van der Waals surface area contributed by atoms with Crippen molar-refractivity contribution in [1.29, 1.82) is 0 Å². The first kappa shape index (κ1) is 18.5. The van der Waals surface area contributed by atoms with Crippen molar-refractivity contribution in [2.24, 2.45) is 5.92 Å². The van der Waals surface area contributed by atoms with Gasteiger partial charge in [-0.05, 0) is 68.1 Å². The van der Waals surface area contributed by atoms with Crippen LogP contribution in [0.2, 0.25) is 0 Å². The highest BCUT2D eigenvalue weighted by Gasteiger charge is 2.25. The van der Waals surface area contributed by atoms with E-state index in [0.29, 0.717) is 11.5 Å². The molecule has 0 atom stereocenters. The Balaban J connectivity index is 2.10. The SMILES string of the molecule is C=CCCC1CCC(c2cc(F)c(C#CC(F)(F)F)c(F)c2)CC1. The van der Waals surface area contributed by atoms with Gasteiger partial charge in [-0.2, -0.15) is 13.2 Å². The van der Waals surface area contributed by atoms with Crippen molar-refractivity contribution in [3.05, 3.63) is 47.5 Å². The Hall–Kier alpha value is -1.83. The summed E-state index contributed by atoms with van der Waals surface area (Å²) in [6.45, 7) is 3.70. The molecule has 0 aromatic heterocycles. The van der Waals surface area contributed by atoms with E-state index < -0.39 is 23.4 Å². The van der Waals surface area contributed by atoms with Gasteiger partial charge in [0.25, 0.3) is 0 Å². The van der Waals surface area contributed by atoms with E-state index in [2.05, 4.69) is 6.58 Å². The van der Waals surface area contributed by atoms with E-state index in [-0.39, 0.29) is 5.92 Å². The van der Waals surface area contributed by atoms with Crippen LogP contribution >= 0.6 is 0 Å². The topological polar surface area (TPSA) is 0 Å². The second-order valence-corrected chi connectivity index (χ2v) is 6.19. The molecule has 0 N–H and O–H groups in total. The zero-order chi connectivity index (χ0) is 17.7. The first-order valence-electron chi connectivity index (χ1n) is 8.00. The number of hydrogen-bond acceptors (Lipinski definition) is 0. The molecule has 24 heavy (non-hydrogen) atoms. The predicted molar refractivity (Wildman–Crippen MR) is 83.4 cm³/mol. The van der Waals surface area contributed by atoms with Crippen molar-refractivity contribution >= 4 is 0 Å². The Bertz CT molecular complexity index is 617. The highest BCUT2D eigenvalue weighted by Crippen LogP contribution is 2.38. The molecular formula is C19H19F5. The zero-order valence-electron chi connectivity index (χ0n) is 13.2. The average Bonchev–Trinajstić information content (AvgIpc) is 2.51. The van der Waals surface area contributed by atoms with Crippen LogP contribution in [0.3, 0.4) is 0 Å². The van der Waals surface area contributed by atoms with Gasteiger partial charge >= 0.3 is 6.18 Å². The number of benzene rings is 1. The van der Waals surface area contributed by atoms with E-state index in [1.54, 1.807) is 5.92 Å². The highest BCUT2D eigenvalue weighted by molar-refractivity contribution is 5.40. The Kier molecular flexibility index (Phi) is 6.04. The summed E-state index contributed by atoms with van der Waals surface area (Å²) in [5.41, 5.74) is -0.319. The number of alkyl halides is 3. The molecule has 0 unspecified atom stereocenters. The summed E-state index contributed by atoms with van der Waals surface area (Å²) < 4.78 is 64.2. The number of allylic oxidation sites excluding steroid dienone is 1. The van der Waals surface area contributed by atoms with Crippen LogP contribution in [0, 0.1) is 29.4 Å². The third-order valence-electron chi connectivity index (χ3n) is 4.49. The van der Waals surface area contributed by atoms with Crippen LogP contribution < -0.4 is 0 Å². The van der Waals surface area contributed by atoms with E-state index in [1.165, 1.54) is 0 Å². The number of halogens is 5. The van der Waals surface area contributed by atoms with Crippen LogP contribution in [-0.2, 0) is 0 Å². The van der Waals surface area contributed by atoms with Crippen LogP contribution in [0.25, 0.3) is 0 Å². The van der Waals surface area contributed by atoms with E-state index in [4.69, 9.17) is 0 Å². The molecule has 0 nitrogen and oxygen atoms in total. The molecule has 130 valence electrons. The summed E-state index contributed by atoms with van der Waals surface area (Å²) in [6, 6.07) is 2.25. The van der Waals surface area contributed by atoms with Gasteiger partial charge in [-0.1, -0.05) is 12.0 Å². The van der Waals surface area contributed by atoms with Crippen molar-refractivity contribution in [3.63, 3.8) is 0 Å². The smallest absolute Gasteiger partial charge is 0.206 e. The lowest BCUT2D eigenvalue weighted by Gasteiger charge is -2.28. The van der Waals surface area contributed by atoms with Gasteiger partial charge in [-0.15, -0.1) is 6.58 Å². The van der Waals surface area contributed by atoms with Gasteiger partial charge in [0.2, 0.25) is 0 Å². The zero-order valence-corrected chi connectivity index (χ0v) is 13.2. The highest BCUT2D eigenvalue weighted by atomic mass is 19.4. The first-order chi connectivity index (χ1) is 11.3. The summed E-state index contributed by atoms with van der Waals surface area (Å²) in [4.78, 5) is 0. The molecule has 1 aliphatic rings. The standard InChI is InChI=1S/C19H19F5/c1-2-3-4-13-5-7-14(8-6-13)15-11-17(20)16(18(21)12-15)9-10-19(22,23)24/h2,11-14H,1,3-8H2. The van der Waals surface area contributed by atoms with Gasteiger partial charge in [-0.3, -0.25) is 0 Å². The Morgan fingerprint density at radius 1 is 1.08 bits per heavy atom. The van der Waals surface area contributed by atoms with Crippen molar-refractivity contribution in [1.82, 2.24) is 0 Å². The molecule has 1 aromatic rings.